The molecule has 1 aromatic heterocycles. The summed E-state index contributed by atoms with van der Waals surface area (Å²) in [5.74, 6) is 2.02. The van der Waals surface area contributed by atoms with E-state index in [1.807, 2.05) is 35.2 Å². The SMILES string of the molecule is O=C(Nc1ccc(Oc2cccc3c2CCN3CC(=O)N2CCN(Cc3ccc4c(c3)OCO4)CC2)nc1)c1ccc(C(F)(F)F)cc1. The molecular formula is C35H32F3N5O5. The molecule has 0 spiro atoms. The Morgan fingerprint density at radius 2 is 1.69 bits per heavy atom. The fraction of sp³-hybridized carbons (Fsp3) is 0.286. The molecule has 10 nitrogen and oxygen atoms in total. The monoisotopic (exact) mass is 659 g/mol. The first-order chi connectivity index (χ1) is 23.2. The zero-order valence-electron chi connectivity index (χ0n) is 25.8. The molecule has 0 unspecified atom stereocenters. The molecule has 2 amide bonds. The van der Waals surface area contributed by atoms with E-state index in [0.717, 1.165) is 72.2 Å². The molecule has 1 saturated heterocycles. The highest BCUT2D eigenvalue weighted by Gasteiger charge is 2.31. The molecule has 48 heavy (non-hydrogen) atoms. The summed E-state index contributed by atoms with van der Waals surface area (Å²) in [7, 11) is 0. The van der Waals surface area contributed by atoms with Gasteiger partial charge in [-0.1, -0.05) is 12.1 Å². The topological polar surface area (TPSA) is 96.5 Å². The van der Waals surface area contributed by atoms with Crippen molar-refractivity contribution in [2.45, 2.75) is 19.1 Å². The molecule has 3 aromatic carbocycles. The summed E-state index contributed by atoms with van der Waals surface area (Å²) < 4.78 is 55.4. The van der Waals surface area contributed by atoms with Crippen molar-refractivity contribution in [3.63, 3.8) is 0 Å². The number of nitrogens with zero attached hydrogens (tertiary/aromatic N) is 4. The molecule has 3 aliphatic rings. The Hall–Kier alpha value is -5.30. The van der Waals surface area contributed by atoms with Crippen molar-refractivity contribution in [1.82, 2.24) is 14.8 Å². The van der Waals surface area contributed by atoms with Gasteiger partial charge in [0, 0.05) is 62.1 Å². The van der Waals surface area contributed by atoms with E-state index in [1.54, 1.807) is 12.1 Å². The summed E-state index contributed by atoms with van der Waals surface area (Å²) in [5.41, 5.74) is 2.71. The number of hydrogen-bond acceptors (Lipinski definition) is 8. The second kappa shape index (κ2) is 13.1. The van der Waals surface area contributed by atoms with Crippen LogP contribution in [0.4, 0.5) is 24.5 Å². The van der Waals surface area contributed by atoms with E-state index in [4.69, 9.17) is 14.2 Å². The van der Waals surface area contributed by atoms with E-state index in [1.165, 1.54) is 6.20 Å². The van der Waals surface area contributed by atoms with Crippen LogP contribution in [0.3, 0.4) is 0 Å². The fourth-order valence-corrected chi connectivity index (χ4v) is 6.09. The van der Waals surface area contributed by atoms with Crippen LogP contribution in [0.25, 0.3) is 0 Å². The molecule has 3 aliphatic heterocycles. The minimum Gasteiger partial charge on any atom is -0.454 e. The average molecular weight is 660 g/mol. The molecule has 1 N–H and O–H groups in total. The number of amides is 2. The number of ether oxygens (including phenoxy) is 3. The number of nitrogens with one attached hydrogen (secondary N) is 1. The Labute approximate surface area is 274 Å². The van der Waals surface area contributed by atoms with E-state index < -0.39 is 17.6 Å². The van der Waals surface area contributed by atoms with Crippen LogP contribution in [0.1, 0.15) is 27.0 Å². The van der Waals surface area contributed by atoms with Crippen molar-refractivity contribution in [3.8, 4) is 23.1 Å². The standard InChI is InChI=1S/C35H32F3N5O5/c36-35(37,38)25-7-5-24(6-8-25)34(45)40-26-9-11-32(39-19-26)48-29-3-1-2-28-27(29)12-13-43(28)21-33(44)42-16-14-41(15-17-42)20-23-4-10-30-31(18-23)47-22-46-30/h1-11,18-19H,12-17,20-22H2,(H,40,45). The maximum atomic E-state index is 13.3. The van der Waals surface area contributed by atoms with Gasteiger partial charge in [-0.05, 0) is 66.6 Å². The first-order valence-electron chi connectivity index (χ1n) is 15.6. The van der Waals surface area contributed by atoms with Gasteiger partial charge < -0.3 is 29.3 Å². The highest BCUT2D eigenvalue weighted by Crippen LogP contribution is 2.37. The number of benzene rings is 3. The van der Waals surface area contributed by atoms with Gasteiger partial charge in [-0.3, -0.25) is 14.5 Å². The molecule has 248 valence electrons. The van der Waals surface area contributed by atoms with E-state index in [-0.39, 0.29) is 24.8 Å². The highest BCUT2D eigenvalue weighted by atomic mass is 19.4. The number of fused-ring (bicyclic) bond motifs is 2. The van der Waals surface area contributed by atoms with Gasteiger partial charge in [-0.2, -0.15) is 13.2 Å². The Morgan fingerprint density at radius 3 is 2.44 bits per heavy atom. The van der Waals surface area contributed by atoms with E-state index in [9.17, 15) is 22.8 Å². The second-order valence-corrected chi connectivity index (χ2v) is 11.8. The van der Waals surface area contributed by atoms with Crippen LogP contribution in [-0.4, -0.2) is 72.7 Å². The van der Waals surface area contributed by atoms with Crippen molar-refractivity contribution >= 4 is 23.2 Å². The first-order valence-corrected chi connectivity index (χ1v) is 15.6. The highest BCUT2D eigenvalue weighted by molar-refractivity contribution is 6.04. The minimum atomic E-state index is -4.48. The average Bonchev–Trinajstić information content (AvgIpc) is 3.73. The molecule has 7 rings (SSSR count). The van der Waals surface area contributed by atoms with Crippen LogP contribution in [0.5, 0.6) is 23.1 Å². The normalized spacial score (nSPS) is 15.7. The summed E-state index contributed by atoms with van der Waals surface area (Å²) in [6.45, 7) is 4.93. The molecule has 4 aromatic rings. The smallest absolute Gasteiger partial charge is 0.416 e. The summed E-state index contributed by atoms with van der Waals surface area (Å²) >= 11 is 0. The van der Waals surface area contributed by atoms with E-state index in [2.05, 4.69) is 26.2 Å². The van der Waals surface area contributed by atoms with Crippen molar-refractivity contribution in [1.29, 1.82) is 0 Å². The second-order valence-electron chi connectivity index (χ2n) is 11.8. The first kappa shape index (κ1) is 31.3. The number of carbonyl (C=O) groups is 2. The number of rotatable bonds is 8. The van der Waals surface area contributed by atoms with Gasteiger partial charge in [0.05, 0.1) is 24.0 Å². The van der Waals surface area contributed by atoms with Gasteiger partial charge in [0.2, 0.25) is 18.6 Å². The summed E-state index contributed by atoms with van der Waals surface area (Å²) in [5, 5.41) is 2.63. The van der Waals surface area contributed by atoms with Gasteiger partial charge in [-0.25, -0.2) is 4.98 Å². The molecule has 0 aliphatic carbocycles. The third kappa shape index (κ3) is 6.86. The maximum Gasteiger partial charge on any atom is 0.416 e. The number of pyridine rings is 1. The van der Waals surface area contributed by atoms with Gasteiger partial charge >= 0.3 is 6.18 Å². The number of hydrogen-bond donors (Lipinski definition) is 1. The molecule has 0 saturated carbocycles. The van der Waals surface area contributed by atoms with Crippen LogP contribution < -0.4 is 24.4 Å². The number of alkyl halides is 3. The fourth-order valence-electron chi connectivity index (χ4n) is 6.09. The molecule has 13 heteroatoms. The Kier molecular flexibility index (Phi) is 8.52. The lowest BCUT2D eigenvalue weighted by Gasteiger charge is -2.35. The van der Waals surface area contributed by atoms with Crippen LogP contribution in [-0.2, 0) is 23.9 Å². The van der Waals surface area contributed by atoms with Gasteiger partial charge in [0.15, 0.2) is 11.5 Å². The number of halogens is 3. The van der Waals surface area contributed by atoms with Crippen molar-refractivity contribution < 1.29 is 37.0 Å². The van der Waals surface area contributed by atoms with Crippen molar-refractivity contribution in [3.05, 3.63) is 101 Å². The molecule has 0 atom stereocenters. The third-order valence-corrected chi connectivity index (χ3v) is 8.66. The lowest BCUT2D eigenvalue weighted by molar-refractivity contribution is -0.137. The number of aromatic nitrogens is 1. The number of anilines is 2. The predicted octanol–water partition coefficient (Wildman–Crippen LogP) is 5.58. The molecule has 0 radical (unpaired) electrons. The van der Waals surface area contributed by atoms with E-state index >= 15 is 0 Å². The van der Waals surface area contributed by atoms with Crippen LogP contribution in [0.15, 0.2) is 79.0 Å². The lowest BCUT2D eigenvalue weighted by atomic mass is 10.1. The Morgan fingerprint density at radius 1 is 0.896 bits per heavy atom. The third-order valence-electron chi connectivity index (χ3n) is 8.66. The molecule has 1 fully saturated rings. The van der Waals surface area contributed by atoms with E-state index in [0.29, 0.717) is 43.4 Å². The number of piperazine rings is 1. The molecule has 4 heterocycles. The van der Waals surface area contributed by atoms with Gasteiger partial charge in [-0.15, -0.1) is 0 Å². The maximum absolute atomic E-state index is 13.3. The van der Waals surface area contributed by atoms with Crippen LogP contribution in [0.2, 0.25) is 0 Å². The Balaban J connectivity index is 0.912. The lowest BCUT2D eigenvalue weighted by Crippen LogP contribution is -2.50. The minimum absolute atomic E-state index is 0.0890. The zero-order valence-corrected chi connectivity index (χ0v) is 25.8. The van der Waals surface area contributed by atoms with Gasteiger partial charge in [0.1, 0.15) is 5.75 Å². The van der Waals surface area contributed by atoms with Crippen LogP contribution >= 0.6 is 0 Å². The van der Waals surface area contributed by atoms with Gasteiger partial charge in [0.25, 0.3) is 5.91 Å². The molecule has 0 bridgehead atoms. The zero-order chi connectivity index (χ0) is 33.3. The quantitative estimate of drug-likeness (QED) is 0.262. The van der Waals surface area contributed by atoms with Crippen molar-refractivity contribution in [2.75, 3.05) is 56.3 Å². The predicted molar refractivity (Wildman–Crippen MR) is 170 cm³/mol. The summed E-state index contributed by atoms with van der Waals surface area (Å²) in [4.78, 5) is 36.4. The summed E-state index contributed by atoms with van der Waals surface area (Å²) in [6, 6.07) is 18.9. The largest absolute Gasteiger partial charge is 0.454 e. The Bertz CT molecular complexity index is 1810. The van der Waals surface area contributed by atoms with Crippen molar-refractivity contribution in [2.24, 2.45) is 0 Å². The van der Waals surface area contributed by atoms with Crippen LogP contribution in [0, 0.1) is 0 Å². The number of carbonyl (C=O) groups excluding carboxylic acids is 2. The molecular weight excluding hydrogens is 627 g/mol. The summed E-state index contributed by atoms with van der Waals surface area (Å²) in [6.07, 6.45) is -2.35.